The summed E-state index contributed by atoms with van der Waals surface area (Å²) in [6.45, 7) is 2.71. The normalized spacial score (nSPS) is 16.3. The van der Waals surface area contributed by atoms with E-state index in [0.717, 1.165) is 49.0 Å². The van der Waals surface area contributed by atoms with Gasteiger partial charge in [-0.3, -0.25) is 9.59 Å². The molecule has 4 rings (SSSR count). The summed E-state index contributed by atoms with van der Waals surface area (Å²) in [4.78, 5) is 24.3. The zero-order valence-corrected chi connectivity index (χ0v) is 14.2. The summed E-state index contributed by atoms with van der Waals surface area (Å²) >= 11 is 0. The SMILES string of the molecule is CCCc1c(C(=O)NC2CC2)nnn1-c1ccc2c(c1)CCNC2=O. The molecule has 0 saturated heterocycles. The summed E-state index contributed by atoms with van der Waals surface area (Å²) in [6, 6.07) is 5.94. The van der Waals surface area contributed by atoms with Crippen molar-refractivity contribution in [2.24, 2.45) is 0 Å². The number of rotatable bonds is 5. The zero-order chi connectivity index (χ0) is 17.4. The van der Waals surface area contributed by atoms with Crippen molar-refractivity contribution in [3.63, 3.8) is 0 Å². The second-order valence-electron chi connectivity index (χ2n) is 6.64. The Balaban J connectivity index is 1.71. The van der Waals surface area contributed by atoms with Gasteiger partial charge in [-0.1, -0.05) is 18.6 Å². The van der Waals surface area contributed by atoms with Gasteiger partial charge in [-0.05, 0) is 49.4 Å². The molecule has 1 aliphatic carbocycles. The highest BCUT2D eigenvalue weighted by molar-refractivity contribution is 5.97. The molecule has 1 aliphatic heterocycles. The average Bonchev–Trinajstić information content (AvgIpc) is 3.32. The third-order valence-electron chi connectivity index (χ3n) is 4.64. The van der Waals surface area contributed by atoms with Gasteiger partial charge in [-0.15, -0.1) is 5.10 Å². The van der Waals surface area contributed by atoms with Crippen molar-refractivity contribution in [1.29, 1.82) is 0 Å². The summed E-state index contributed by atoms with van der Waals surface area (Å²) in [5.74, 6) is -0.181. The summed E-state index contributed by atoms with van der Waals surface area (Å²) in [6.07, 6.45) is 4.48. The Kier molecular flexibility index (Phi) is 3.99. The molecule has 1 aromatic heterocycles. The van der Waals surface area contributed by atoms with E-state index < -0.39 is 0 Å². The topological polar surface area (TPSA) is 88.9 Å². The number of benzene rings is 1. The van der Waals surface area contributed by atoms with Crippen molar-refractivity contribution in [2.45, 2.75) is 45.1 Å². The van der Waals surface area contributed by atoms with Gasteiger partial charge in [0, 0.05) is 18.2 Å². The molecular formula is C18H21N5O2. The summed E-state index contributed by atoms with van der Waals surface area (Å²) in [5.41, 5.74) is 3.78. The lowest BCUT2D eigenvalue weighted by atomic mass is 9.99. The molecule has 7 heteroatoms. The van der Waals surface area contributed by atoms with Crippen molar-refractivity contribution < 1.29 is 9.59 Å². The van der Waals surface area contributed by atoms with Gasteiger partial charge in [0.2, 0.25) is 0 Å². The maximum atomic E-state index is 12.4. The molecule has 2 N–H and O–H groups in total. The minimum atomic E-state index is -0.144. The van der Waals surface area contributed by atoms with Crippen LogP contribution in [0.2, 0.25) is 0 Å². The van der Waals surface area contributed by atoms with Gasteiger partial charge in [0.1, 0.15) is 0 Å². The second kappa shape index (κ2) is 6.31. The van der Waals surface area contributed by atoms with Crippen LogP contribution in [0.1, 0.15) is 58.3 Å². The van der Waals surface area contributed by atoms with Crippen LogP contribution in [0.3, 0.4) is 0 Å². The minimum absolute atomic E-state index is 0.0373. The number of fused-ring (bicyclic) bond motifs is 1. The number of nitrogens with zero attached hydrogens (tertiary/aromatic N) is 3. The van der Waals surface area contributed by atoms with E-state index in [1.165, 1.54) is 0 Å². The second-order valence-corrected chi connectivity index (χ2v) is 6.64. The van der Waals surface area contributed by atoms with Crippen molar-refractivity contribution in [3.05, 3.63) is 40.7 Å². The Morgan fingerprint density at radius 2 is 2.24 bits per heavy atom. The van der Waals surface area contributed by atoms with E-state index >= 15 is 0 Å². The van der Waals surface area contributed by atoms with E-state index in [2.05, 4.69) is 27.9 Å². The van der Waals surface area contributed by atoms with E-state index in [9.17, 15) is 9.59 Å². The van der Waals surface area contributed by atoms with E-state index in [0.29, 0.717) is 17.8 Å². The Morgan fingerprint density at radius 1 is 1.40 bits per heavy atom. The lowest BCUT2D eigenvalue weighted by Gasteiger charge is -2.17. The van der Waals surface area contributed by atoms with Crippen LogP contribution >= 0.6 is 0 Å². The van der Waals surface area contributed by atoms with Crippen LogP contribution in [0.4, 0.5) is 0 Å². The molecule has 0 bridgehead atoms. The van der Waals surface area contributed by atoms with Crippen LogP contribution in [0.5, 0.6) is 0 Å². The van der Waals surface area contributed by atoms with Gasteiger partial charge in [-0.2, -0.15) is 0 Å². The molecule has 1 fully saturated rings. The number of hydrogen-bond donors (Lipinski definition) is 2. The molecule has 1 saturated carbocycles. The molecule has 130 valence electrons. The largest absolute Gasteiger partial charge is 0.352 e. The van der Waals surface area contributed by atoms with Crippen LogP contribution in [0.25, 0.3) is 5.69 Å². The van der Waals surface area contributed by atoms with E-state index in [4.69, 9.17) is 0 Å². The molecule has 7 nitrogen and oxygen atoms in total. The Bertz CT molecular complexity index is 838. The maximum absolute atomic E-state index is 12.4. The van der Waals surface area contributed by atoms with E-state index in [1.54, 1.807) is 4.68 Å². The first-order valence-electron chi connectivity index (χ1n) is 8.84. The van der Waals surface area contributed by atoms with Crippen LogP contribution in [0, 0.1) is 0 Å². The zero-order valence-electron chi connectivity index (χ0n) is 14.2. The standard InChI is InChI=1S/C18H21N5O2/c1-2-3-15-16(18(25)20-12-4-5-12)21-22-23(15)13-6-7-14-11(10-13)8-9-19-17(14)24/h6-7,10,12H,2-5,8-9H2,1H3,(H,19,24)(H,20,25). The van der Waals surface area contributed by atoms with Crippen molar-refractivity contribution in [1.82, 2.24) is 25.6 Å². The Morgan fingerprint density at radius 3 is 3.00 bits per heavy atom. The highest BCUT2D eigenvalue weighted by Crippen LogP contribution is 2.22. The molecule has 0 spiro atoms. The van der Waals surface area contributed by atoms with Gasteiger partial charge in [0.05, 0.1) is 11.4 Å². The molecule has 0 radical (unpaired) electrons. The molecule has 2 amide bonds. The van der Waals surface area contributed by atoms with Gasteiger partial charge >= 0.3 is 0 Å². The predicted molar refractivity (Wildman–Crippen MR) is 91.9 cm³/mol. The van der Waals surface area contributed by atoms with Crippen LogP contribution in [-0.4, -0.2) is 39.4 Å². The van der Waals surface area contributed by atoms with Gasteiger partial charge in [0.25, 0.3) is 11.8 Å². The lowest BCUT2D eigenvalue weighted by Crippen LogP contribution is -2.31. The Labute approximate surface area is 145 Å². The fourth-order valence-corrected chi connectivity index (χ4v) is 3.17. The molecule has 0 unspecified atom stereocenters. The molecule has 2 aliphatic rings. The predicted octanol–water partition coefficient (Wildman–Crippen LogP) is 1.40. The third-order valence-corrected chi connectivity index (χ3v) is 4.64. The summed E-state index contributed by atoms with van der Waals surface area (Å²) in [5, 5.41) is 14.2. The first kappa shape index (κ1) is 15.8. The average molecular weight is 339 g/mol. The molecule has 25 heavy (non-hydrogen) atoms. The Hall–Kier alpha value is -2.70. The van der Waals surface area contributed by atoms with Crippen LogP contribution < -0.4 is 10.6 Å². The van der Waals surface area contributed by atoms with E-state index in [1.807, 2.05) is 18.2 Å². The van der Waals surface area contributed by atoms with Crippen molar-refractivity contribution >= 4 is 11.8 Å². The maximum Gasteiger partial charge on any atom is 0.273 e. The van der Waals surface area contributed by atoms with Gasteiger partial charge < -0.3 is 10.6 Å². The number of carbonyl (C=O) groups excluding carboxylic acids is 2. The summed E-state index contributed by atoms with van der Waals surface area (Å²) in [7, 11) is 0. The quantitative estimate of drug-likeness (QED) is 0.862. The van der Waals surface area contributed by atoms with Crippen molar-refractivity contribution in [3.8, 4) is 5.69 Å². The number of hydrogen-bond acceptors (Lipinski definition) is 4. The molecule has 2 aromatic rings. The molecule has 1 aromatic carbocycles. The van der Waals surface area contributed by atoms with E-state index in [-0.39, 0.29) is 17.9 Å². The summed E-state index contributed by atoms with van der Waals surface area (Å²) < 4.78 is 1.73. The molecular weight excluding hydrogens is 318 g/mol. The highest BCUT2D eigenvalue weighted by Gasteiger charge is 2.28. The third kappa shape index (κ3) is 3.01. The highest BCUT2D eigenvalue weighted by atomic mass is 16.2. The first-order valence-corrected chi connectivity index (χ1v) is 8.84. The number of nitrogens with one attached hydrogen (secondary N) is 2. The number of aromatic nitrogens is 3. The molecule has 2 heterocycles. The van der Waals surface area contributed by atoms with Crippen molar-refractivity contribution in [2.75, 3.05) is 6.54 Å². The number of carbonyl (C=O) groups is 2. The minimum Gasteiger partial charge on any atom is -0.352 e. The van der Waals surface area contributed by atoms with Gasteiger partial charge in [0.15, 0.2) is 5.69 Å². The first-order chi connectivity index (χ1) is 12.2. The van der Waals surface area contributed by atoms with Gasteiger partial charge in [-0.25, -0.2) is 4.68 Å². The fourth-order valence-electron chi connectivity index (χ4n) is 3.17. The smallest absolute Gasteiger partial charge is 0.273 e. The fraction of sp³-hybridized carbons (Fsp3) is 0.444. The molecule has 0 atom stereocenters. The van der Waals surface area contributed by atoms with Crippen LogP contribution in [0.15, 0.2) is 18.2 Å². The monoisotopic (exact) mass is 339 g/mol. The number of amides is 2. The lowest BCUT2D eigenvalue weighted by molar-refractivity contribution is 0.0937. The van der Waals surface area contributed by atoms with Crippen LogP contribution in [-0.2, 0) is 12.8 Å².